The predicted molar refractivity (Wildman–Crippen MR) is 38.4 cm³/mol. The van der Waals surface area contributed by atoms with Crippen LogP contribution in [0.5, 0.6) is 0 Å². The van der Waals surface area contributed by atoms with Crippen LogP contribution in [0.3, 0.4) is 0 Å². The maximum atomic E-state index is 12.0. The summed E-state index contributed by atoms with van der Waals surface area (Å²) in [5, 5.41) is 5.91. The van der Waals surface area contributed by atoms with Gasteiger partial charge in [0.25, 0.3) is 0 Å². The Morgan fingerprint density at radius 3 is 2.36 bits per heavy atom. The zero-order valence-electron chi connectivity index (χ0n) is 7.00. The molecule has 0 atom stereocenters. The molecule has 76 valence electrons. The monoisotopic (exact) mass is 206 g/mol. The van der Waals surface area contributed by atoms with Gasteiger partial charge in [0.05, 0.1) is 7.11 Å². The lowest BCUT2D eigenvalue weighted by Gasteiger charge is -2.03. The van der Waals surface area contributed by atoms with Crippen molar-refractivity contribution in [1.82, 2.24) is 10.2 Å². The zero-order valence-corrected chi connectivity index (χ0v) is 7.00. The van der Waals surface area contributed by atoms with Crippen molar-refractivity contribution in [3.63, 3.8) is 0 Å². The number of alkyl halides is 3. The summed E-state index contributed by atoms with van der Waals surface area (Å²) in [7, 11) is 1.10. The van der Waals surface area contributed by atoms with Crippen LogP contribution in [0.25, 0.3) is 0 Å². The van der Waals surface area contributed by atoms with Gasteiger partial charge < -0.3 is 4.74 Å². The summed E-state index contributed by atoms with van der Waals surface area (Å²) >= 11 is 0. The molecule has 0 aliphatic rings. The molecule has 0 amide bonds. The Kier molecular flexibility index (Phi) is 2.68. The third-order valence-corrected chi connectivity index (χ3v) is 1.35. The Bertz CT molecular complexity index is 334. The van der Waals surface area contributed by atoms with Crippen molar-refractivity contribution >= 4 is 5.97 Å². The number of esters is 1. The molecule has 1 aromatic rings. The van der Waals surface area contributed by atoms with Gasteiger partial charge in [-0.25, -0.2) is 4.79 Å². The third-order valence-electron chi connectivity index (χ3n) is 1.35. The molecule has 0 aromatic carbocycles. The Morgan fingerprint density at radius 2 is 2.00 bits per heavy atom. The van der Waals surface area contributed by atoms with Crippen LogP contribution >= 0.6 is 0 Å². The summed E-state index contributed by atoms with van der Waals surface area (Å²) in [5.41, 5.74) is -1.41. The van der Waals surface area contributed by atoms with Crippen LogP contribution in [0, 0.1) is 0 Å². The fourth-order valence-electron chi connectivity index (χ4n) is 0.697. The second-order valence-corrected chi connectivity index (χ2v) is 2.29. The number of aromatic nitrogens is 2. The molecule has 0 saturated heterocycles. The molecule has 0 fully saturated rings. The van der Waals surface area contributed by atoms with Crippen LogP contribution in [-0.4, -0.2) is 23.3 Å². The van der Waals surface area contributed by atoms with Crippen molar-refractivity contribution in [2.75, 3.05) is 7.11 Å². The van der Waals surface area contributed by atoms with E-state index in [4.69, 9.17) is 0 Å². The molecule has 0 saturated carbocycles. The average Bonchev–Trinajstić information content (AvgIpc) is 2.15. The van der Waals surface area contributed by atoms with E-state index >= 15 is 0 Å². The second kappa shape index (κ2) is 3.60. The Labute approximate surface area is 76.7 Å². The Morgan fingerprint density at radius 1 is 1.36 bits per heavy atom. The van der Waals surface area contributed by atoms with Gasteiger partial charge in [0.15, 0.2) is 11.4 Å². The summed E-state index contributed by atoms with van der Waals surface area (Å²) in [6, 6.07) is 1.57. The van der Waals surface area contributed by atoms with Crippen LogP contribution < -0.4 is 0 Å². The lowest BCUT2D eigenvalue weighted by atomic mass is 10.3. The predicted octanol–water partition coefficient (Wildman–Crippen LogP) is 1.28. The minimum atomic E-state index is -4.55. The van der Waals surface area contributed by atoms with Crippen LogP contribution in [-0.2, 0) is 10.9 Å². The van der Waals surface area contributed by atoms with Gasteiger partial charge >= 0.3 is 12.1 Å². The molecule has 0 bridgehead atoms. The largest absolute Gasteiger partial charge is 0.464 e. The van der Waals surface area contributed by atoms with E-state index in [1.165, 1.54) is 0 Å². The van der Waals surface area contributed by atoms with E-state index in [1.54, 1.807) is 0 Å². The molecule has 0 spiro atoms. The van der Waals surface area contributed by atoms with Crippen molar-refractivity contribution < 1.29 is 22.7 Å². The number of hydrogen-bond donors (Lipinski definition) is 0. The van der Waals surface area contributed by atoms with Gasteiger partial charge in [-0.05, 0) is 12.1 Å². The molecule has 0 unspecified atom stereocenters. The molecule has 1 heterocycles. The highest BCUT2D eigenvalue weighted by Gasteiger charge is 2.33. The van der Waals surface area contributed by atoms with Crippen molar-refractivity contribution in [2.24, 2.45) is 0 Å². The SMILES string of the molecule is COC(=O)c1ccc(C(F)(F)F)nn1. The fraction of sp³-hybridized carbons (Fsp3) is 0.286. The molecular formula is C7H5F3N2O2. The number of rotatable bonds is 1. The van der Waals surface area contributed by atoms with Crippen molar-refractivity contribution in [1.29, 1.82) is 0 Å². The van der Waals surface area contributed by atoms with Crippen molar-refractivity contribution in [3.8, 4) is 0 Å². The first-order valence-corrected chi connectivity index (χ1v) is 3.44. The number of carbonyl (C=O) groups excluding carboxylic acids is 1. The first-order chi connectivity index (χ1) is 6.45. The van der Waals surface area contributed by atoms with Crippen LogP contribution in [0.15, 0.2) is 12.1 Å². The molecule has 0 aliphatic heterocycles. The van der Waals surface area contributed by atoms with Gasteiger partial charge in [0, 0.05) is 0 Å². The van der Waals surface area contributed by atoms with E-state index in [-0.39, 0.29) is 5.69 Å². The standard InChI is InChI=1S/C7H5F3N2O2/c1-14-6(13)4-2-3-5(12-11-4)7(8,9)10/h2-3H,1H3. The molecular weight excluding hydrogens is 201 g/mol. The highest BCUT2D eigenvalue weighted by molar-refractivity contribution is 5.86. The smallest absolute Gasteiger partial charge is 0.435 e. The zero-order chi connectivity index (χ0) is 10.8. The number of halogens is 3. The lowest BCUT2D eigenvalue weighted by molar-refractivity contribution is -0.141. The first kappa shape index (κ1) is 10.4. The molecule has 4 nitrogen and oxygen atoms in total. The van der Waals surface area contributed by atoms with E-state index < -0.39 is 17.8 Å². The minimum absolute atomic E-state index is 0.263. The molecule has 0 N–H and O–H groups in total. The number of hydrogen-bond acceptors (Lipinski definition) is 4. The Hall–Kier alpha value is -1.66. The third kappa shape index (κ3) is 2.18. The average molecular weight is 206 g/mol. The summed E-state index contributed by atoms with van der Waals surface area (Å²) in [6.45, 7) is 0. The van der Waals surface area contributed by atoms with Gasteiger partial charge in [-0.15, -0.1) is 10.2 Å². The quantitative estimate of drug-likeness (QED) is 0.649. The van der Waals surface area contributed by atoms with Gasteiger partial charge in [-0.2, -0.15) is 13.2 Å². The van der Waals surface area contributed by atoms with E-state index in [9.17, 15) is 18.0 Å². The molecule has 1 aromatic heterocycles. The highest BCUT2D eigenvalue weighted by Crippen LogP contribution is 2.26. The number of carbonyl (C=O) groups is 1. The summed E-state index contributed by atoms with van der Waals surface area (Å²) in [6.07, 6.45) is -4.55. The second-order valence-electron chi connectivity index (χ2n) is 2.29. The summed E-state index contributed by atoms with van der Waals surface area (Å²) < 4.78 is 40.2. The molecule has 7 heteroatoms. The maximum absolute atomic E-state index is 12.0. The Balaban J connectivity index is 2.95. The van der Waals surface area contributed by atoms with Crippen LogP contribution in [0.1, 0.15) is 16.2 Å². The van der Waals surface area contributed by atoms with E-state index in [2.05, 4.69) is 14.9 Å². The first-order valence-electron chi connectivity index (χ1n) is 3.44. The van der Waals surface area contributed by atoms with Gasteiger partial charge in [0.2, 0.25) is 0 Å². The van der Waals surface area contributed by atoms with Crippen molar-refractivity contribution in [2.45, 2.75) is 6.18 Å². The summed E-state index contributed by atoms with van der Waals surface area (Å²) in [4.78, 5) is 10.8. The van der Waals surface area contributed by atoms with Gasteiger partial charge in [-0.1, -0.05) is 0 Å². The maximum Gasteiger partial charge on any atom is 0.435 e. The molecule has 14 heavy (non-hydrogen) atoms. The normalized spacial score (nSPS) is 11.1. The van der Waals surface area contributed by atoms with Crippen molar-refractivity contribution in [3.05, 3.63) is 23.5 Å². The fourth-order valence-corrected chi connectivity index (χ4v) is 0.697. The van der Waals surface area contributed by atoms with Crippen LogP contribution in [0.2, 0.25) is 0 Å². The van der Waals surface area contributed by atoms with Gasteiger partial charge in [-0.3, -0.25) is 0 Å². The topological polar surface area (TPSA) is 52.1 Å². The van der Waals surface area contributed by atoms with E-state index in [1.807, 2.05) is 0 Å². The van der Waals surface area contributed by atoms with E-state index in [0.29, 0.717) is 6.07 Å². The minimum Gasteiger partial charge on any atom is -0.464 e. The molecule has 0 aliphatic carbocycles. The van der Waals surface area contributed by atoms with Crippen LogP contribution in [0.4, 0.5) is 13.2 Å². The number of nitrogens with zero attached hydrogens (tertiary/aromatic N) is 2. The highest BCUT2D eigenvalue weighted by atomic mass is 19.4. The lowest BCUT2D eigenvalue weighted by Crippen LogP contribution is -2.12. The summed E-state index contributed by atoms with van der Waals surface area (Å²) in [5.74, 6) is -0.828. The number of methoxy groups -OCH3 is 1. The molecule has 1 rings (SSSR count). The van der Waals surface area contributed by atoms with Gasteiger partial charge in [0.1, 0.15) is 0 Å². The van der Waals surface area contributed by atoms with E-state index in [0.717, 1.165) is 13.2 Å². The molecule has 0 radical (unpaired) electrons. The number of ether oxygens (including phenoxy) is 1.